The number of hydrogen-bond acceptors (Lipinski definition) is 6. The highest BCUT2D eigenvalue weighted by Crippen LogP contribution is 2.27. The molecule has 3 aromatic rings. The normalized spacial score (nSPS) is 13.0. The molecule has 1 aliphatic heterocycles. The Labute approximate surface area is 141 Å². The monoisotopic (exact) mass is 334 g/mol. The van der Waals surface area contributed by atoms with Gasteiger partial charge >= 0.3 is 5.97 Å². The number of imide groups is 1. The van der Waals surface area contributed by atoms with Gasteiger partial charge in [-0.2, -0.15) is 0 Å². The molecule has 0 bridgehead atoms. The largest absolute Gasteiger partial charge is 0.369 e. The Morgan fingerprint density at radius 2 is 1.52 bits per heavy atom. The van der Waals surface area contributed by atoms with Crippen molar-refractivity contribution in [3.63, 3.8) is 0 Å². The zero-order valence-electron chi connectivity index (χ0n) is 12.7. The second kappa shape index (κ2) is 5.72. The SMILES string of the molecule is O=C(ON1C(=O)c2ccccc2C1=O)c1cnoc1-c1ccccc1. The minimum Gasteiger partial charge on any atom is -0.355 e. The Hall–Kier alpha value is -3.74. The van der Waals surface area contributed by atoms with Crippen LogP contribution in [0.1, 0.15) is 31.1 Å². The Morgan fingerprint density at radius 3 is 2.16 bits per heavy atom. The number of aromatic nitrogens is 1. The molecule has 122 valence electrons. The van der Waals surface area contributed by atoms with E-state index in [0.717, 1.165) is 0 Å². The van der Waals surface area contributed by atoms with Crippen LogP contribution in [0.3, 0.4) is 0 Å². The van der Waals surface area contributed by atoms with Crippen molar-refractivity contribution in [1.29, 1.82) is 0 Å². The van der Waals surface area contributed by atoms with Gasteiger partial charge in [0.25, 0.3) is 11.8 Å². The van der Waals surface area contributed by atoms with Crippen LogP contribution in [0, 0.1) is 0 Å². The summed E-state index contributed by atoms with van der Waals surface area (Å²) in [7, 11) is 0. The lowest BCUT2D eigenvalue weighted by atomic mass is 10.1. The Bertz CT molecular complexity index is 958. The topological polar surface area (TPSA) is 89.7 Å². The van der Waals surface area contributed by atoms with Crippen molar-refractivity contribution in [2.75, 3.05) is 0 Å². The highest BCUT2D eigenvalue weighted by molar-refractivity contribution is 6.21. The highest BCUT2D eigenvalue weighted by atomic mass is 16.7. The number of fused-ring (bicyclic) bond motifs is 1. The molecule has 0 atom stereocenters. The fraction of sp³-hybridized carbons (Fsp3) is 0. The third-order valence-electron chi connectivity index (χ3n) is 3.76. The molecule has 4 rings (SSSR count). The van der Waals surface area contributed by atoms with Gasteiger partial charge < -0.3 is 9.36 Å². The van der Waals surface area contributed by atoms with Gasteiger partial charge in [-0.15, -0.1) is 0 Å². The van der Waals surface area contributed by atoms with Crippen LogP contribution in [0.15, 0.2) is 65.3 Å². The Morgan fingerprint density at radius 1 is 0.920 bits per heavy atom. The van der Waals surface area contributed by atoms with E-state index in [9.17, 15) is 14.4 Å². The van der Waals surface area contributed by atoms with E-state index in [4.69, 9.17) is 9.36 Å². The first kappa shape index (κ1) is 14.8. The fourth-order valence-corrected chi connectivity index (χ4v) is 2.56. The summed E-state index contributed by atoms with van der Waals surface area (Å²) >= 11 is 0. The smallest absolute Gasteiger partial charge is 0.355 e. The molecule has 0 unspecified atom stereocenters. The fourth-order valence-electron chi connectivity index (χ4n) is 2.56. The molecule has 2 heterocycles. The summed E-state index contributed by atoms with van der Waals surface area (Å²) in [5.41, 5.74) is 1.01. The second-order valence-corrected chi connectivity index (χ2v) is 5.26. The summed E-state index contributed by atoms with van der Waals surface area (Å²) in [5.74, 6) is -2.09. The molecule has 2 aromatic carbocycles. The molecular weight excluding hydrogens is 324 g/mol. The van der Waals surface area contributed by atoms with Crippen LogP contribution in [0.4, 0.5) is 0 Å². The molecule has 2 amide bonds. The number of hydroxylamine groups is 2. The molecule has 1 aromatic heterocycles. The maximum Gasteiger partial charge on any atom is 0.369 e. The van der Waals surface area contributed by atoms with Crippen molar-refractivity contribution in [3.8, 4) is 11.3 Å². The molecule has 25 heavy (non-hydrogen) atoms. The average Bonchev–Trinajstić information content (AvgIpc) is 3.23. The third kappa shape index (κ3) is 2.38. The number of hydrogen-bond donors (Lipinski definition) is 0. The van der Waals surface area contributed by atoms with E-state index in [0.29, 0.717) is 10.6 Å². The van der Waals surface area contributed by atoms with Crippen molar-refractivity contribution < 1.29 is 23.7 Å². The summed E-state index contributed by atoms with van der Waals surface area (Å²) in [6.45, 7) is 0. The van der Waals surface area contributed by atoms with E-state index in [1.54, 1.807) is 36.4 Å². The minimum atomic E-state index is -0.908. The third-order valence-corrected chi connectivity index (χ3v) is 3.76. The van der Waals surface area contributed by atoms with Gasteiger partial charge in [-0.25, -0.2) is 4.79 Å². The van der Waals surface area contributed by atoms with Gasteiger partial charge in [0.05, 0.1) is 17.3 Å². The molecule has 0 aliphatic carbocycles. The minimum absolute atomic E-state index is 0.0164. The lowest BCUT2D eigenvalue weighted by Gasteiger charge is -2.12. The molecule has 1 aliphatic rings. The number of carbonyl (C=O) groups is 3. The molecule has 0 N–H and O–H groups in total. The van der Waals surface area contributed by atoms with E-state index >= 15 is 0 Å². The number of amides is 2. The van der Waals surface area contributed by atoms with Crippen molar-refractivity contribution in [3.05, 3.63) is 77.5 Å². The van der Waals surface area contributed by atoms with Gasteiger partial charge in [-0.05, 0) is 12.1 Å². The Balaban J connectivity index is 1.62. The zero-order chi connectivity index (χ0) is 17.4. The van der Waals surface area contributed by atoms with Crippen LogP contribution < -0.4 is 0 Å². The van der Waals surface area contributed by atoms with Gasteiger partial charge in [0.1, 0.15) is 5.56 Å². The molecule has 0 radical (unpaired) electrons. The van der Waals surface area contributed by atoms with Gasteiger partial charge in [-0.3, -0.25) is 9.59 Å². The van der Waals surface area contributed by atoms with Gasteiger partial charge in [0.15, 0.2) is 5.76 Å². The van der Waals surface area contributed by atoms with Crippen LogP contribution in [-0.2, 0) is 4.84 Å². The summed E-state index contributed by atoms with van der Waals surface area (Å²) in [6.07, 6.45) is 1.18. The predicted octanol–water partition coefficient (Wildman–Crippen LogP) is 2.71. The molecule has 0 fully saturated rings. The van der Waals surface area contributed by atoms with E-state index in [1.165, 1.54) is 18.3 Å². The lowest BCUT2D eigenvalue weighted by molar-refractivity contribution is -0.0584. The van der Waals surface area contributed by atoms with E-state index < -0.39 is 17.8 Å². The van der Waals surface area contributed by atoms with E-state index in [2.05, 4.69) is 5.16 Å². The van der Waals surface area contributed by atoms with Crippen LogP contribution in [0.25, 0.3) is 11.3 Å². The standard InChI is InChI=1S/C18H10N2O5/c21-16-12-8-4-5-9-13(12)17(22)20(16)25-18(23)14-10-19-24-15(14)11-6-2-1-3-7-11/h1-10H. The van der Waals surface area contributed by atoms with E-state index in [-0.39, 0.29) is 22.5 Å². The zero-order valence-corrected chi connectivity index (χ0v) is 12.7. The first-order valence-corrected chi connectivity index (χ1v) is 7.37. The highest BCUT2D eigenvalue weighted by Gasteiger charge is 2.39. The molecule has 0 saturated carbocycles. The van der Waals surface area contributed by atoms with Crippen molar-refractivity contribution in [1.82, 2.24) is 10.2 Å². The number of carbonyl (C=O) groups excluding carboxylic acids is 3. The first-order valence-electron chi connectivity index (χ1n) is 7.37. The molecule has 7 nitrogen and oxygen atoms in total. The number of rotatable bonds is 3. The maximum atomic E-state index is 12.4. The first-order chi connectivity index (χ1) is 12.2. The van der Waals surface area contributed by atoms with Crippen LogP contribution in [0.2, 0.25) is 0 Å². The quantitative estimate of drug-likeness (QED) is 0.684. The van der Waals surface area contributed by atoms with Gasteiger partial charge in [0.2, 0.25) is 0 Å². The lowest BCUT2D eigenvalue weighted by Crippen LogP contribution is -2.32. The summed E-state index contributed by atoms with van der Waals surface area (Å²) in [6, 6.07) is 15.1. The predicted molar refractivity (Wildman–Crippen MR) is 84.3 cm³/mol. The maximum absolute atomic E-state index is 12.4. The van der Waals surface area contributed by atoms with Crippen molar-refractivity contribution in [2.24, 2.45) is 0 Å². The van der Waals surface area contributed by atoms with Gasteiger partial charge in [0, 0.05) is 5.56 Å². The summed E-state index contributed by atoms with van der Waals surface area (Å²) in [5, 5.41) is 4.06. The summed E-state index contributed by atoms with van der Waals surface area (Å²) < 4.78 is 5.11. The van der Waals surface area contributed by atoms with Crippen LogP contribution in [-0.4, -0.2) is 28.0 Å². The molecular formula is C18H10N2O5. The summed E-state index contributed by atoms with van der Waals surface area (Å²) in [4.78, 5) is 42.0. The molecule has 0 saturated heterocycles. The van der Waals surface area contributed by atoms with E-state index in [1.807, 2.05) is 6.07 Å². The molecule has 0 spiro atoms. The van der Waals surface area contributed by atoms with Gasteiger partial charge in [-0.1, -0.05) is 52.7 Å². The Kier molecular flexibility index (Phi) is 3.39. The number of nitrogens with zero attached hydrogens (tertiary/aromatic N) is 2. The average molecular weight is 334 g/mol. The second-order valence-electron chi connectivity index (χ2n) is 5.26. The van der Waals surface area contributed by atoms with Crippen molar-refractivity contribution >= 4 is 17.8 Å². The molecule has 7 heteroatoms. The van der Waals surface area contributed by atoms with Crippen LogP contribution >= 0.6 is 0 Å². The van der Waals surface area contributed by atoms with Crippen LogP contribution in [0.5, 0.6) is 0 Å². The number of benzene rings is 2. The van der Waals surface area contributed by atoms with Crippen molar-refractivity contribution in [2.45, 2.75) is 0 Å².